The summed E-state index contributed by atoms with van der Waals surface area (Å²) in [5, 5.41) is 12.5. The van der Waals surface area contributed by atoms with Gasteiger partial charge in [0.2, 0.25) is 0 Å². The number of alkyl halides is 1. The zero-order chi connectivity index (χ0) is 9.97. The van der Waals surface area contributed by atoms with Gasteiger partial charge >= 0.3 is 0 Å². The summed E-state index contributed by atoms with van der Waals surface area (Å²) in [7, 11) is 0. The number of nitrogens with one attached hydrogen (secondary N) is 1. The third-order valence-corrected chi connectivity index (χ3v) is 3.30. The quantitative estimate of drug-likeness (QED) is 0.683. The Balaban J connectivity index is 1.83. The van der Waals surface area contributed by atoms with Gasteiger partial charge < -0.3 is 10.4 Å². The van der Waals surface area contributed by atoms with Gasteiger partial charge in [0.25, 0.3) is 0 Å². The fraction of sp³-hybridized carbons (Fsp3) is 1.00. The van der Waals surface area contributed by atoms with E-state index in [1.807, 2.05) is 0 Å². The van der Waals surface area contributed by atoms with Crippen molar-refractivity contribution < 1.29 is 9.50 Å². The molecule has 2 fully saturated rings. The van der Waals surface area contributed by atoms with Gasteiger partial charge in [-0.1, -0.05) is 0 Å². The van der Waals surface area contributed by atoms with Crippen LogP contribution in [0.1, 0.15) is 19.3 Å². The maximum absolute atomic E-state index is 13.1. The van der Waals surface area contributed by atoms with E-state index in [1.54, 1.807) is 0 Å². The third-order valence-electron chi connectivity index (χ3n) is 3.30. The lowest BCUT2D eigenvalue weighted by molar-refractivity contribution is 0.150. The molecule has 3 nitrogen and oxygen atoms in total. The van der Waals surface area contributed by atoms with Gasteiger partial charge in [-0.3, -0.25) is 4.90 Å². The summed E-state index contributed by atoms with van der Waals surface area (Å²) in [6.45, 7) is 2.57. The van der Waals surface area contributed by atoms with Crippen LogP contribution in [-0.4, -0.2) is 54.5 Å². The molecule has 0 aliphatic carbocycles. The topological polar surface area (TPSA) is 35.5 Å². The van der Waals surface area contributed by atoms with Crippen LogP contribution in [0.3, 0.4) is 0 Å². The molecule has 2 saturated heterocycles. The second kappa shape index (κ2) is 4.55. The Hall–Kier alpha value is -0.190. The molecule has 2 rings (SSSR count). The second-order valence-electron chi connectivity index (χ2n) is 4.42. The maximum atomic E-state index is 13.1. The molecule has 0 aromatic heterocycles. The molecule has 3 atom stereocenters. The molecule has 4 heteroatoms. The largest absolute Gasteiger partial charge is 0.395 e. The normalized spacial score (nSPS) is 39.4. The molecule has 2 unspecified atom stereocenters. The molecule has 0 radical (unpaired) electrons. The maximum Gasteiger partial charge on any atom is 0.114 e. The predicted octanol–water partition coefficient (Wildman–Crippen LogP) is 0.143. The minimum absolute atomic E-state index is 0.0485. The van der Waals surface area contributed by atoms with Gasteiger partial charge in [-0.2, -0.15) is 0 Å². The van der Waals surface area contributed by atoms with Gasteiger partial charge in [0.05, 0.1) is 6.61 Å². The zero-order valence-corrected chi connectivity index (χ0v) is 8.45. The van der Waals surface area contributed by atoms with Crippen molar-refractivity contribution in [1.82, 2.24) is 10.2 Å². The van der Waals surface area contributed by atoms with Crippen LogP contribution in [0.5, 0.6) is 0 Å². The number of aliphatic hydroxyl groups excluding tert-OH is 1. The monoisotopic (exact) mass is 202 g/mol. The van der Waals surface area contributed by atoms with Crippen LogP contribution in [0.25, 0.3) is 0 Å². The number of hydrogen-bond acceptors (Lipinski definition) is 3. The molecule has 2 N–H and O–H groups in total. The Morgan fingerprint density at radius 2 is 2.36 bits per heavy atom. The molecular weight excluding hydrogens is 183 g/mol. The van der Waals surface area contributed by atoms with Gasteiger partial charge in [0.15, 0.2) is 0 Å². The molecule has 0 amide bonds. The minimum atomic E-state index is -0.742. The molecule has 2 aliphatic heterocycles. The van der Waals surface area contributed by atoms with Crippen molar-refractivity contribution in [2.24, 2.45) is 0 Å². The van der Waals surface area contributed by atoms with Crippen molar-refractivity contribution in [2.45, 2.75) is 37.5 Å². The molecule has 2 heterocycles. The second-order valence-corrected chi connectivity index (χ2v) is 4.42. The van der Waals surface area contributed by atoms with E-state index in [1.165, 1.54) is 12.8 Å². The Morgan fingerprint density at radius 1 is 1.50 bits per heavy atom. The fourth-order valence-electron chi connectivity index (χ4n) is 2.53. The van der Waals surface area contributed by atoms with E-state index in [-0.39, 0.29) is 12.6 Å². The van der Waals surface area contributed by atoms with Gasteiger partial charge in [-0.05, 0) is 25.8 Å². The molecule has 2 aliphatic rings. The van der Waals surface area contributed by atoms with Crippen molar-refractivity contribution in [3.63, 3.8) is 0 Å². The first kappa shape index (κ1) is 10.3. The number of nitrogens with zero attached hydrogens (tertiary/aromatic N) is 1. The molecule has 0 aromatic carbocycles. The van der Waals surface area contributed by atoms with Crippen LogP contribution in [0.4, 0.5) is 4.39 Å². The van der Waals surface area contributed by atoms with Crippen molar-refractivity contribution in [1.29, 1.82) is 0 Å². The first-order chi connectivity index (χ1) is 6.79. The van der Waals surface area contributed by atoms with E-state index >= 15 is 0 Å². The Bertz CT molecular complexity index is 185. The van der Waals surface area contributed by atoms with Crippen molar-refractivity contribution in [2.75, 3.05) is 26.2 Å². The van der Waals surface area contributed by atoms with E-state index < -0.39 is 6.17 Å². The van der Waals surface area contributed by atoms with E-state index in [4.69, 9.17) is 5.11 Å². The van der Waals surface area contributed by atoms with Crippen molar-refractivity contribution >= 4 is 0 Å². The lowest BCUT2D eigenvalue weighted by atomic mass is 10.2. The Kier molecular flexibility index (Phi) is 3.36. The highest BCUT2D eigenvalue weighted by Gasteiger charge is 2.33. The average Bonchev–Trinajstić information content (AvgIpc) is 2.76. The van der Waals surface area contributed by atoms with Crippen LogP contribution in [0.2, 0.25) is 0 Å². The number of hydrogen-bond donors (Lipinski definition) is 2. The standard InChI is InChI=1S/C10H19FN2O/c11-8-4-10(7-14)13(5-8)6-9-2-1-3-12-9/h8-10,12,14H,1-7H2/t8?,9-,10?/m0/s1. The van der Waals surface area contributed by atoms with E-state index in [0.29, 0.717) is 19.0 Å². The van der Waals surface area contributed by atoms with E-state index in [9.17, 15) is 4.39 Å². The van der Waals surface area contributed by atoms with Gasteiger partial charge in [0.1, 0.15) is 6.17 Å². The highest BCUT2D eigenvalue weighted by Crippen LogP contribution is 2.21. The molecule has 82 valence electrons. The molecule has 0 spiro atoms. The first-order valence-corrected chi connectivity index (χ1v) is 5.52. The summed E-state index contributed by atoms with van der Waals surface area (Å²) < 4.78 is 13.1. The summed E-state index contributed by atoms with van der Waals surface area (Å²) >= 11 is 0. The summed E-state index contributed by atoms with van der Waals surface area (Å²) in [6, 6.07) is 0.557. The summed E-state index contributed by atoms with van der Waals surface area (Å²) in [5.74, 6) is 0. The van der Waals surface area contributed by atoms with Crippen LogP contribution >= 0.6 is 0 Å². The molecule has 0 aromatic rings. The predicted molar refractivity (Wildman–Crippen MR) is 53.0 cm³/mol. The lowest BCUT2D eigenvalue weighted by Gasteiger charge is -2.25. The fourth-order valence-corrected chi connectivity index (χ4v) is 2.53. The van der Waals surface area contributed by atoms with Crippen LogP contribution in [-0.2, 0) is 0 Å². The van der Waals surface area contributed by atoms with Crippen LogP contribution in [0, 0.1) is 0 Å². The lowest BCUT2D eigenvalue weighted by Crippen LogP contribution is -2.41. The molecular formula is C10H19FN2O. The van der Waals surface area contributed by atoms with Gasteiger partial charge in [0, 0.05) is 25.2 Å². The smallest absolute Gasteiger partial charge is 0.114 e. The highest BCUT2D eigenvalue weighted by atomic mass is 19.1. The summed E-state index contributed by atoms with van der Waals surface area (Å²) in [5.41, 5.74) is 0. The molecule has 14 heavy (non-hydrogen) atoms. The van der Waals surface area contributed by atoms with Gasteiger partial charge in [-0.25, -0.2) is 4.39 Å². The van der Waals surface area contributed by atoms with Crippen molar-refractivity contribution in [3.05, 3.63) is 0 Å². The average molecular weight is 202 g/mol. The molecule has 0 saturated carbocycles. The minimum Gasteiger partial charge on any atom is -0.395 e. The summed E-state index contributed by atoms with van der Waals surface area (Å²) in [4.78, 5) is 2.09. The van der Waals surface area contributed by atoms with E-state index in [0.717, 1.165) is 13.1 Å². The third kappa shape index (κ3) is 2.24. The number of rotatable bonds is 3. The number of aliphatic hydroxyl groups is 1. The highest BCUT2D eigenvalue weighted by molar-refractivity contribution is 4.88. The van der Waals surface area contributed by atoms with Crippen LogP contribution in [0.15, 0.2) is 0 Å². The van der Waals surface area contributed by atoms with E-state index in [2.05, 4.69) is 10.2 Å². The number of halogens is 1. The molecule has 0 bridgehead atoms. The van der Waals surface area contributed by atoms with Crippen molar-refractivity contribution in [3.8, 4) is 0 Å². The summed E-state index contributed by atoms with van der Waals surface area (Å²) in [6.07, 6.45) is 2.17. The van der Waals surface area contributed by atoms with Gasteiger partial charge in [-0.15, -0.1) is 0 Å². The Morgan fingerprint density at radius 3 is 3.00 bits per heavy atom. The number of likely N-dealkylation sites (tertiary alicyclic amines) is 1. The zero-order valence-electron chi connectivity index (χ0n) is 8.45. The Labute approximate surface area is 84.3 Å². The SMILES string of the molecule is OCC1CC(F)CN1C[C@@H]1CCCN1. The first-order valence-electron chi connectivity index (χ1n) is 5.52. The van der Waals surface area contributed by atoms with Crippen LogP contribution < -0.4 is 5.32 Å².